The Morgan fingerprint density at radius 2 is 1.42 bits per heavy atom. The van der Waals surface area contributed by atoms with E-state index >= 15 is 0 Å². The summed E-state index contributed by atoms with van der Waals surface area (Å²) in [6.45, 7) is 11.1. The SMILES string of the molecule is C[C@@H](O)[C@H]1C(=O)N2C(C(=O)O)=C(SCCN=CN)C[C@H]12.C[C@@H](O)[C@H]1C(=O)N2C(C(=O)O)=C(S[C@@H]3CN[C@H](C(=O)N(C)C)C3)[C@H](C)[C@H]12.C[C@@H](O)[C@H]1C(=O)N2C(C(=O)[O-])=C(SC3Cn4cnc[n+]4C3)[C@H](C)[C@H]12.O. The van der Waals surface area contributed by atoms with Crippen LogP contribution in [0.1, 0.15) is 47.5 Å². The van der Waals surface area contributed by atoms with Gasteiger partial charge >= 0.3 is 18.3 Å². The number of carbonyl (C=O) groups is 7. The number of nitrogens with two attached hydrogens (primary N) is 1. The van der Waals surface area contributed by atoms with Crippen molar-refractivity contribution in [2.24, 2.45) is 40.3 Å². The number of nitrogens with zero attached hydrogens (tertiary/aromatic N) is 8. The zero-order valence-corrected chi connectivity index (χ0v) is 42.6. The van der Waals surface area contributed by atoms with Gasteiger partial charge in [0.25, 0.3) is 0 Å². The Morgan fingerprint density at radius 3 is 1.93 bits per heavy atom. The fraction of sp³-hybridized carbons (Fsp3) is 0.636. The van der Waals surface area contributed by atoms with Crippen LogP contribution < -0.4 is 20.8 Å². The lowest BCUT2D eigenvalue weighted by molar-refractivity contribution is -0.758. The van der Waals surface area contributed by atoms with Gasteiger partial charge in [-0.05, 0) is 32.2 Å². The molecule has 0 spiro atoms. The molecule has 390 valence electrons. The van der Waals surface area contributed by atoms with E-state index in [0.717, 1.165) is 13.1 Å². The van der Waals surface area contributed by atoms with Crippen LogP contribution >= 0.6 is 35.3 Å². The zero-order valence-electron chi connectivity index (χ0n) is 40.1. The minimum absolute atomic E-state index is 0. The number of thioether (sulfide) groups is 3. The number of aliphatic imine (C=N–C) groups is 1. The minimum Gasteiger partial charge on any atom is -0.543 e. The number of fused-ring (bicyclic) bond motifs is 4. The van der Waals surface area contributed by atoms with Crippen LogP contribution in [0, 0.1) is 29.6 Å². The Hall–Kier alpha value is -5.03. The van der Waals surface area contributed by atoms with E-state index in [2.05, 4.69) is 15.3 Å². The fourth-order valence-corrected chi connectivity index (χ4v) is 14.8. The number of β-lactam (4-membered cyclic amide) rings is 3. The molecule has 13 atom stereocenters. The summed E-state index contributed by atoms with van der Waals surface area (Å²) in [6, 6.07) is -1.08. The van der Waals surface area contributed by atoms with E-state index in [1.165, 1.54) is 56.3 Å². The summed E-state index contributed by atoms with van der Waals surface area (Å²) in [5, 5.41) is 63.3. The molecule has 0 saturated carbocycles. The van der Waals surface area contributed by atoms with Crippen molar-refractivity contribution >= 4 is 83.2 Å². The lowest BCUT2D eigenvalue weighted by Gasteiger charge is -2.47. The molecule has 9 heterocycles. The molecule has 71 heavy (non-hydrogen) atoms. The normalized spacial score (nSPS) is 31.3. The van der Waals surface area contributed by atoms with Crippen LogP contribution in [0.5, 0.6) is 0 Å². The van der Waals surface area contributed by atoms with Gasteiger partial charge in [-0.3, -0.25) is 24.2 Å². The second-order valence-corrected chi connectivity index (χ2v) is 22.7. The predicted molar refractivity (Wildman–Crippen MR) is 256 cm³/mol. The molecule has 0 bridgehead atoms. The molecule has 8 aliphatic heterocycles. The van der Waals surface area contributed by atoms with E-state index in [9.17, 15) is 64.2 Å². The average molecular weight is 1050 g/mol. The summed E-state index contributed by atoms with van der Waals surface area (Å²) in [5.41, 5.74) is 5.21. The van der Waals surface area contributed by atoms with Crippen molar-refractivity contribution in [1.29, 1.82) is 0 Å². The number of carbonyl (C=O) groups excluding carboxylic acids is 5. The van der Waals surface area contributed by atoms with Gasteiger partial charge < -0.3 is 71.6 Å². The Labute approximate surface area is 421 Å². The third-order valence-corrected chi connectivity index (χ3v) is 18.1. The van der Waals surface area contributed by atoms with Crippen LogP contribution in [0.3, 0.4) is 0 Å². The minimum atomic E-state index is -1.32. The maximum Gasteiger partial charge on any atom is 0.353 e. The average Bonchev–Trinajstić information content (AvgIpc) is 4.12. The van der Waals surface area contributed by atoms with Gasteiger partial charge in [0, 0.05) is 64.6 Å². The highest BCUT2D eigenvalue weighted by Gasteiger charge is 2.61. The summed E-state index contributed by atoms with van der Waals surface area (Å²) >= 11 is 4.32. The first-order valence-corrected chi connectivity index (χ1v) is 25.7. The van der Waals surface area contributed by atoms with Crippen molar-refractivity contribution in [2.45, 2.75) is 114 Å². The highest BCUT2D eigenvalue weighted by atomic mass is 32.2. The Balaban J connectivity index is 0.000000175. The van der Waals surface area contributed by atoms with Gasteiger partial charge in [-0.1, -0.05) is 13.8 Å². The van der Waals surface area contributed by atoms with Crippen LogP contribution in [0.25, 0.3) is 0 Å². The third-order valence-electron chi connectivity index (χ3n) is 14.0. The molecular weight excluding hydrogens is 989 g/mol. The number of aromatic nitrogens is 3. The van der Waals surface area contributed by atoms with Gasteiger partial charge in [0.05, 0.1) is 96.6 Å². The van der Waals surface area contributed by atoms with Crippen LogP contribution in [-0.4, -0.2) is 194 Å². The quantitative estimate of drug-likeness (QED) is 0.0296. The number of carboxylic acid groups (broad SMARTS) is 3. The van der Waals surface area contributed by atoms with E-state index in [-0.39, 0.29) is 92.7 Å². The van der Waals surface area contributed by atoms with Crippen LogP contribution in [-0.2, 0) is 46.7 Å². The van der Waals surface area contributed by atoms with E-state index in [4.69, 9.17) is 5.73 Å². The Kier molecular flexibility index (Phi) is 17.1. The van der Waals surface area contributed by atoms with Crippen molar-refractivity contribution in [3.63, 3.8) is 0 Å². The highest BCUT2D eigenvalue weighted by molar-refractivity contribution is 8.04. The van der Waals surface area contributed by atoms with Crippen LogP contribution in [0.4, 0.5) is 0 Å². The second-order valence-electron chi connectivity index (χ2n) is 18.8. The lowest BCUT2D eigenvalue weighted by atomic mass is 9.79. The van der Waals surface area contributed by atoms with Crippen molar-refractivity contribution in [2.75, 3.05) is 32.9 Å². The molecule has 0 aromatic carbocycles. The van der Waals surface area contributed by atoms with Gasteiger partial charge in [0.15, 0.2) is 0 Å². The summed E-state index contributed by atoms with van der Waals surface area (Å²) in [6.07, 6.45) is 3.44. The first kappa shape index (κ1) is 55.3. The summed E-state index contributed by atoms with van der Waals surface area (Å²) in [7, 11) is 3.42. The molecule has 1 aromatic heterocycles. The molecule has 0 unspecified atom stereocenters. The molecule has 4 amide bonds. The third kappa shape index (κ3) is 10.1. The number of hydrogen-bond donors (Lipinski definition) is 7. The molecule has 4 fully saturated rings. The van der Waals surface area contributed by atoms with Gasteiger partial charge in [0.2, 0.25) is 30.0 Å². The van der Waals surface area contributed by atoms with Gasteiger partial charge in [-0.15, -0.1) is 35.3 Å². The van der Waals surface area contributed by atoms with Crippen molar-refractivity contribution < 1.29 is 74.4 Å². The fourth-order valence-electron chi connectivity index (χ4n) is 10.8. The number of aliphatic carboxylic acids is 3. The van der Waals surface area contributed by atoms with Crippen molar-refractivity contribution in [3.8, 4) is 0 Å². The molecule has 4 saturated heterocycles. The molecule has 1 aromatic rings. The second kappa shape index (κ2) is 22.0. The topological polar surface area (TPSA) is 360 Å². The maximum absolute atomic E-state index is 12.3. The first-order chi connectivity index (χ1) is 33.0. The monoisotopic (exact) mass is 1050 g/mol. The number of aliphatic hydroxyl groups excluding tert-OH is 3. The maximum atomic E-state index is 12.3. The van der Waals surface area contributed by atoms with Crippen molar-refractivity contribution in [3.05, 3.63) is 44.5 Å². The smallest absolute Gasteiger partial charge is 0.353 e. The van der Waals surface area contributed by atoms with E-state index < -0.39 is 54.0 Å². The molecule has 0 radical (unpaired) electrons. The molecule has 27 heteroatoms. The van der Waals surface area contributed by atoms with Gasteiger partial charge in [-0.2, -0.15) is 9.36 Å². The van der Waals surface area contributed by atoms with Crippen molar-refractivity contribution in [1.82, 2.24) is 34.6 Å². The summed E-state index contributed by atoms with van der Waals surface area (Å²) < 4.78 is 3.96. The lowest BCUT2D eigenvalue weighted by Crippen LogP contribution is -2.64. The van der Waals surface area contributed by atoms with Crippen LogP contribution in [0.15, 0.2) is 49.5 Å². The number of rotatable bonds is 15. The summed E-state index contributed by atoms with van der Waals surface area (Å²) in [5.74, 6) is -5.75. The van der Waals surface area contributed by atoms with E-state index in [1.54, 1.807) is 52.4 Å². The molecule has 10 N–H and O–H groups in total. The molecular formula is C44H62N10O14S3. The number of amides is 4. The number of hydrogen-bond acceptors (Lipinski definition) is 17. The van der Waals surface area contributed by atoms with Crippen LogP contribution in [0.2, 0.25) is 0 Å². The van der Waals surface area contributed by atoms with E-state index in [1.807, 2.05) is 23.2 Å². The molecule has 0 aliphatic carbocycles. The number of nitrogens with one attached hydrogen (secondary N) is 1. The predicted octanol–water partition coefficient (Wildman–Crippen LogP) is -3.41. The molecule has 9 rings (SSSR count). The van der Waals surface area contributed by atoms with Gasteiger partial charge in [-0.25, -0.2) is 9.59 Å². The first-order valence-electron chi connectivity index (χ1n) is 23.0. The largest absolute Gasteiger partial charge is 0.543 e. The number of aliphatic hydroxyl groups is 3. The zero-order chi connectivity index (χ0) is 51.4. The van der Waals surface area contributed by atoms with Gasteiger partial charge in [0.1, 0.15) is 17.9 Å². The summed E-state index contributed by atoms with van der Waals surface area (Å²) in [4.78, 5) is 98.9. The standard InChI is InChI=1S/C17H25N3O5S.C15H18N4O4S.C12H17N3O4S.H2O/c1-7-12-11(8(2)21)16(23)20(12)13(17(24)25)14(7)26-9-5-10(18-6-9)15(22)19(3)4;1-7-11-10(8(2)20)14(21)19(11)12(15(22)23)13(7)24-9-3-17-5-16-6-18(17)4-9;1-6(16)9-7-4-8(20-3-2-14-5-13)10(12(18)19)15(7)11(9)17;/h7-12,18,21H,5-6H2,1-4H3,(H,24,25);5-11,20H,3-4H2,1-2H3;5-7,9,16H,2-4H2,1H3,(H2,13,14)(H,18,19);1H2/t7-,8-,9+,10+,11-,12-;7-,8-,10-,11-;6-,7-,9-;/m111./s1. The van der Waals surface area contributed by atoms with E-state index in [0.29, 0.717) is 46.4 Å². The highest BCUT2D eigenvalue weighted by Crippen LogP contribution is 2.53. The Bertz CT molecular complexity index is 2420. The molecule has 8 aliphatic rings. The number of likely N-dealkylation sites (N-methyl/N-ethyl adjacent to an activating group) is 1. The number of carboxylic acids is 3. The molecule has 24 nitrogen and oxygen atoms in total. The Morgan fingerprint density at radius 1 is 0.887 bits per heavy atom.